The normalized spacial score (nSPS) is 13.8. The number of benzene rings is 1. The molecule has 88 valence electrons. The molecule has 3 nitrogen and oxygen atoms in total. The van der Waals surface area contributed by atoms with Gasteiger partial charge in [0, 0.05) is 11.5 Å². The fraction of sp³-hybridized carbons (Fsp3) is 0.308. The largest absolute Gasteiger partial charge is 0.324 e. The fourth-order valence-corrected chi connectivity index (χ4v) is 1.60. The Hall–Kier alpha value is -1.50. The van der Waals surface area contributed by atoms with Crippen molar-refractivity contribution in [2.24, 2.45) is 11.7 Å². The molecule has 1 aliphatic rings. The van der Waals surface area contributed by atoms with Crippen molar-refractivity contribution in [3.8, 4) is 11.8 Å². The third-order valence-corrected chi connectivity index (χ3v) is 2.84. The number of anilines is 1. The van der Waals surface area contributed by atoms with Crippen LogP contribution in [0.25, 0.3) is 0 Å². The van der Waals surface area contributed by atoms with Crippen LogP contribution in [-0.4, -0.2) is 12.5 Å². The Morgan fingerprint density at radius 3 is 2.94 bits per heavy atom. The summed E-state index contributed by atoms with van der Waals surface area (Å²) in [6.45, 7) is 0.312. The van der Waals surface area contributed by atoms with Crippen LogP contribution in [0, 0.1) is 17.8 Å². The van der Waals surface area contributed by atoms with Gasteiger partial charge in [-0.2, -0.15) is 0 Å². The highest BCUT2D eigenvalue weighted by Gasteiger charge is 2.29. The summed E-state index contributed by atoms with van der Waals surface area (Å²) < 4.78 is 0. The lowest BCUT2D eigenvalue weighted by Crippen LogP contribution is -2.13. The van der Waals surface area contributed by atoms with Gasteiger partial charge in [-0.3, -0.25) is 4.79 Å². The van der Waals surface area contributed by atoms with Crippen molar-refractivity contribution in [2.45, 2.75) is 12.8 Å². The third-order valence-electron chi connectivity index (χ3n) is 2.51. The summed E-state index contributed by atoms with van der Waals surface area (Å²) in [6, 6.07) is 5.30. The number of rotatable bonds is 2. The SMILES string of the molecule is NCC#Cc1ccc(Cl)c(NC(=O)C2CC2)c1. The molecule has 1 aliphatic carbocycles. The first-order chi connectivity index (χ1) is 8.20. The van der Waals surface area contributed by atoms with Gasteiger partial charge < -0.3 is 11.1 Å². The number of nitrogens with two attached hydrogens (primary N) is 1. The maximum absolute atomic E-state index is 11.6. The first-order valence-corrected chi connectivity index (χ1v) is 5.88. The lowest BCUT2D eigenvalue weighted by Gasteiger charge is -2.06. The van der Waals surface area contributed by atoms with E-state index in [0.717, 1.165) is 18.4 Å². The molecule has 1 amide bonds. The van der Waals surface area contributed by atoms with E-state index in [1.54, 1.807) is 18.2 Å². The van der Waals surface area contributed by atoms with Crippen molar-refractivity contribution in [2.75, 3.05) is 11.9 Å². The van der Waals surface area contributed by atoms with Gasteiger partial charge in [-0.05, 0) is 31.0 Å². The van der Waals surface area contributed by atoms with Gasteiger partial charge in [0.1, 0.15) is 0 Å². The topological polar surface area (TPSA) is 55.1 Å². The first kappa shape index (κ1) is 12.0. The zero-order valence-electron chi connectivity index (χ0n) is 9.29. The second kappa shape index (κ2) is 5.22. The Morgan fingerprint density at radius 2 is 2.29 bits per heavy atom. The quantitative estimate of drug-likeness (QED) is 0.787. The van der Waals surface area contributed by atoms with Crippen molar-refractivity contribution in [1.29, 1.82) is 0 Å². The van der Waals surface area contributed by atoms with Crippen LogP contribution in [0.15, 0.2) is 18.2 Å². The monoisotopic (exact) mass is 248 g/mol. The highest BCUT2D eigenvalue weighted by atomic mass is 35.5. The molecule has 0 atom stereocenters. The van der Waals surface area contributed by atoms with Gasteiger partial charge in [0.05, 0.1) is 17.3 Å². The second-order valence-electron chi connectivity index (χ2n) is 3.96. The average Bonchev–Trinajstić information content (AvgIpc) is 3.14. The van der Waals surface area contributed by atoms with Crippen LogP contribution in [0.4, 0.5) is 5.69 Å². The number of amides is 1. The Morgan fingerprint density at radius 1 is 1.53 bits per heavy atom. The molecule has 0 aromatic heterocycles. The Kier molecular flexibility index (Phi) is 3.68. The number of carbonyl (C=O) groups is 1. The third kappa shape index (κ3) is 3.23. The molecule has 1 saturated carbocycles. The first-order valence-electron chi connectivity index (χ1n) is 5.50. The second-order valence-corrected chi connectivity index (χ2v) is 4.37. The molecule has 2 rings (SSSR count). The maximum atomic E-state index is 11.6. The van der Waals surface area contributed by atoms with Gasteiger partial charge in [-0.15, -0.1) is 0 Å². The molecule has 0 unspecified atom stereocenters. The average molecular weight is 249 g/mol. The summed E-state index contributed by atoms with van der Waals surface area (Å²) in [4.78, 5) is 11.6. The molecule has 0 bridgehead atoms. The predicted molar refractivity (Wildman–Crippen MR) is 68.7 cm³/mol. The van der Waals surface area contributed by atoms with Gasteiger partial charge in [-0.1, -0.05) is 23.4 Å². The zero-order chi connectivity index (χ0) is 12.3. The number of hydrogen-bond acceptors (Lipinski definition) is 2. The van der Waals surface area contributed by atoms with E-state index in [0.29, 0.717) is 17.3 Å². The Labute approximate surface area is 105 Å². The number of hydrogen-bond donors (Lipinski definition) is 2. The lowest BCUT2D eigenvalue weighted by atomic mass is 10.2. The summed E-state index contributed by atoms with van der Waals surface area (Å²) in [5, 5.41) is 3.34. The minimum absolute atomic E-state index is 0.0378. The Bertz CT molecular complexity index is 498. The summed E-state index contributed by atoms with van der Waals surface area (Å²) in [6.07, 6.45) is 1.94. The molecule has 0 radical (unpaired) electrons. The standard InChI is InChI=1S/C13H13ClN2O/c14-11-6-3-9(2-1-7-15)8-12(11)16-13(17)10-4-5-10/h3,6,8,10H,4-5,7,15H2,(H,16,17). The number of nitrogens with one attached hydrogen (secondary N) is 1. The van der Waals surface area contributed by atoms with E-state index in [-0.39, 0.29) is 11.8 Å². The Balaban J connectivity index is 2.16. The smallest absolute Gasteiger partial charge is 0.227 e. The summed E-state index contributed by atoms with van der Waals surface area (Å²) >= 11 is 6.01. The highest BCUT2D eigenvalue weighted by Crippen LogP contribution is 2.31. The van der Waals surface area contributed by atoms with E-state index < -0.39 is 0 Å². The van der Waals surface area contributed by atoms with Gasteiger partial charge in [0.15, 0.2) is 0 Å². The van der Waals surface area contributed by atoms with Gasteiger partial charge in [0.2, 0.25) is 5.91 Å². The van der Waals surface area contributed by atoms with Crippen LogP contribution in [-0.2, 0) is 4.79 Å². The van der Waals surface area contributed by atoms with Crippen LogP contribution in [0.3, 0.4) is 0 Å². The van der Waals surface area contributed by atoms with E-state index in [9.17, 15) is 4.79 Å². The number of halogens is 1. The summed E-state index contributed by atoms with van der Waals surface area (Å²) in [5.41, 5.74) is 6.72. The minimum Gasteiger partial charge on any atom is -0.324 e. The molecule has 0 spiro atoms. The predicted octanol–water partition coefficient (Wildman–Crippen LogP) is 2.00. The van der Waals surface area contributed by atoms with Crippen molar-refractivity contribution in [3.05, 3.63) is 28.8 Å². The molecular formula is C13H13ClN2O. The van der Waals surface area contributed by atoms with Crippen LogP contribution in [0.2, 0.25) is 5.02 Å². The molecule has 1 aromatic carbocycles. The van der Waals surface area contributed by atoms with Crippen molar-refractivity contribution < 1.29 is 4.79 Å². The van der Waals surface area contributed by atoms with Crippen molar-refractivity contribution in [3.63, 3.8) is 0 Å². The molecule has 3 N–H and O–H groups in total. The van der Waals surface area contributed by atoms with Crippen LogP contribution in [0.5, 0.6) is 0 Å². The molecule has 1 aromatic rings. The van der Waals surface area contributed by atoms with E-state index in [2.05, 4.69) is 17.2 Å². The highest BCUT2D eigenvalue weighted by molar-refractivity contribution is 6.33. The van der Waals surface area contributed by atoms with E-state index in [1.165, 1.54) is 0 Å². The molecule has 4 heteroatoms. The van der Waals surface area contributed by atoms with E-state index in [4.69, 9.17) is 17.3 Å². The van der Waals surface area contributed by atoms with E-state index in [1.807, 2.05) is 0 Å². The lowest BCUT2D eigenvalue weighted by molar-refractivity contribution is -0.117. The summed E-state index contributed by atoms with van der Waals surface area (Å²) in [5.74, 6) is 5.86. The molecular weight excluding hydrogens is 236 g/mol. The van der Waals surface area contributed by atoms with Crippen LogP contribution in [0.1, 0.15) is 18.4 Å². The minimum atomic E-state index is 0.0378. The van der Waals surface area contributed by atoms with Crippen molar-refractivity contribution in [1.82, 2.24) is 0 Å². The zero-order valence-corrected chi connectivity index (χ0v) is 10.1. The number of carbonyl (C=O) groups excluding carboxylic acids is 1. The van der Waals surface area contributed by atoms with Gasteiger partial charge in [0.25, 0.3) is 0 Å². The van der Waals surface area contributed by atoms with Crippen molar-refractivity contribution >= 4 is 23.2 Å². The summed E-state index contributed by atoms with van der Waals surface area (Å²) in [7, 11) is 0. The van der Waals surface area contributed by atoms with E-state index >= 15 is 0 Å². The van der Waals surface area contributed by atoms with Gasteiger partial charge in [-0.25, -0.2) is 0 Å². The van der Waals surface area contributed by atoms with Gasteiger partial charge >= 0.3 is 0 Å². The molecule has 0 aliphatic heterocycles. The molecule has 17 heavy (non-hydrogen) atoms. The molecule has 0 heterocycles. The molecule has 1 fully saturated rings. The van der Waals surface area contributed by atoms with Crippen LogP contribution < -0.4 is 11.1 Å². The molecule has 0 saturated heterocycles. The fourth-order valence-electron chi connectivity index (χ4n) is 1.43. The van der Waals surface area contributed by atoms with Crippen LogP contribution >= 0.6 is 11.6 Å². The maximum Gasteiger partial charge on any atom is 0.227 e.